The van der Waals surface area contributed by atoms with Crippen LogP contribution in [0.3, 0.4) is 0 Å². The van der Waals surface area contributed by atoms with Crippen LogP contribution in [0.15, 0.2) is 34.9 Å². The monoisotopic (exact) mass is 386 g/mol. The van der Waals surface area contributed by atoms with E-state index < -0.39 is 0 Å². The van der Waals surface area contributed by atoms with E-state index >= 15 is 0 Å². The molecule has 24 heavy (non-hydrogen) atoms. The van der Waals surface area contributed by atoms with Crippen molar-refractivity contribution in [1.29, 1.82) is 0 Å². The Balaban J connectivity index is 1.94. The number of aromatic nitrogens is 3. The molecule has 2 aromatic heterocycles. The number of nitrogens with one attached hydrogen (secondary N) is 1. The van der Waals surface area contributed by atoms with Gasteiger partial charge in [0.2, 0.25) is 0 Å². The Morgan fingerprint density at radius 3 is 2.67 bits per heavy atom. The first-order valence-electron chi connectivity index (χ1n) is 7.79. The maximum absolute atomic E-state index is 12.6. The van der Waals surface area contributed by atoms with E-state index in [1.54, 1.807) is 6.20 Å². The van der Waals surface area contributed by atoms with Gasteiger partial charge in [-0.2, -0.15) is 5.10 Å². The lowest BCUT2D eigenvalue weighted by Crippen LogP contribution is -2.14. The molecule has 0 radical (unpaired) electrons. The number of nitrogens with zero attached hydrogens (tertiary/aromatic N) is 3. The minimum absolute atomic E-state index is 0.171. The van der Waals surface area contributed by atoms with Gasteiger partial charge in [0.05, 0.1) is 17.5 Å². The number of fused-ring (bicyclic) bond motifs is 1. The van der Waals surface area contributed by atoms with Crippen molar-refractivity contribution >= 4 is 38.6 Å². The molecule has 6 heteroatoms. The first kappa shape index (κ1) is 16.6. The van der Waals surface area contributed by atoms with Crippen molar-refractivity contribution in [2.75, 3.05) is 5.32 Å². The molecule has 0 bridgehead atoms. The Hall–Kier alpha value is -2.21. The Bertz CT molecular complexity index is 930. The summed E-state index contributed by atoms with van der Waals surface area (Å²) in [5, 5.41) is 8.15. The summed E-state index contributed by atoms with van der Waals surface area (Å²) in [6.07, 6.45) is 1.75. The van der Waals surface area contributed by atoms with Crippen molar-refractivity contribution in [3.05, 3.63) is 51.8 Å². The predicted octanol–water partition coefficient (Wildman–Crippen LogP) is 4.64. The summed E-state index contributed by atoms with van der Waals surface area (Å²) >= 11 is 3.48. The normalized spacial score (nSPS) is 11.2. The molecular formula is C18H19BrN4O. The van der Waals surface area contributed by atoms with Crippen LogP contribution >= 0.6 is 15.9 Å². The molecule has 0 unspecified atom stereocenters. The van der Waals surface area contributed by atoms with Crippen molar-refractivity contribution in [2.45, 2.75) is 33.7 Å². The van der Waals surface area contributed by atoms with Crippen molar-refractivity contribution in [1.82, 2.24) is 14.8 Å². The number of hydrogen-bond acceptors (Lipinski definition) is 3. The molecule has 0 aliphatic heterocycles. The molecule has 0 fully saturated rings. The first-order valence-corrected chi connectivity index (χ1v) is 8.58. The molecule has 0 atom stereocenters. The lowest BCUT2D eigenvalue weighted by Gasteiger charge is -2.10. The third kappa shape index (κ3) is 3.06. The van der Waals surface area contributed by atoms with E-state index in [2.05, 4.69) is 45.2 Å². The molecule has 0 spiro atoms. The van der Waals surface area contributed by atoms with Gasteiger partial charge < -0.3 is 5.32 Å². The van der Waals surface area contributed by atoms with Gasteiger partial charge in [0, 0.05) is 21.6 Å². The highest BCUT2D eigenvalue weighted by atomic mass is 79.9. The zero-order valence-electron chi connectivity index (χ0n) is 14.1. The van der Waals surface area contributed by atoms with Crippen molar-refractivity contribution in [3.63, 3.8) is 0 Å². The van der Waals surface area contributed by atoms with Crippen LogP contribution in [0.4, 0.5) is 5.69 Å². The average molecular weight is 387 g/mol. The van der Waals surface area contributed by atoms with Gasteiger partial charge in [-0.15, -0.1) is 0 Å². The standard InChI is InChI=1S/C18H19BrN4O/c1-10(2)23-17-13(9-20-23)7-15(12(4)21-17)18(24)22-14-6-5-11(3)16(19)8-14/h5-10H,1-4H3,(H,22,24). The molecule has 1 N–H and O–H groups in total. The molecule has 0 aliphatic rings. The number of hydrogen-bond donors (Lipinski definition) is 1. The highest BCUT2D eigenvalue weighted by Crippen LogP contribution is 2.23. The zero-order chi connectivity index (χ0) is 17.4. The van der Waals surface area contributed by atoms with Crippen LogP contribution in [-0.4, -0.2) is 20.7 Å². The van der Waals surface area contributed by atoms with Crippen LogP contribution < -0.4 is 5.32 Å². The Labute approximate surface area is 149 Å². The second kappa shape index (κ2) is 6.36. The SMILES string of the molecule is Cc1ccc(NC(=O)c2cc3cnn(C(C)C)c3nc2C)cc1Br. The smallest absolute Gasteiger partial charge is 0.257 e. The number of amides is 1. The minimum atomic E-state index is -0.171. The van der Waals surface area contributed by atoms with E-state index in [-0.39, 0.29) is 11.9 Å². The highest BCUT2D eigenvalue weighted by Gasteiger charge is 2.15. The Morgan fingerprint density at radius 1 is 1.25 bits per heavy atom. The quantitative estimate of drug-likeness (QED) is 0.712. The fourth-order valence-corrected chi connectivity index (χ4v) is 2.92. The van der Waals surface area contributed by atoms with E-state index in [4.69, 9.17) is 0 Å². The first-order chi connectivity index (χ1) is 11.4. The van der Waals surface area contributed by atoms with Crippen LogP contribution in [0.25, 0.3) is 11.0 Å². The van der Waals surface area contributed by atoms with E-state index in [0.29, 0.717) is 11.3 Å². The predicted molar refractivity (Wildman–Crippen MR) is 99.5 cm³/mol. The number of carbonyl (C=O) groups is 1. The van der Waals surface area contributed by atoms with Crippen LogP contribution in [0.2, 0.25) is 0 Å². The molecular weight excluding hydrogens is 368 g/mol. The number of halogens is 1. The summed E-state index contributed by atoms with van der Waals surface area (Å²) in [4.78, 5) is 17.2. The van der Waals surface area contributed by atoms with Gasteiger partial charge >= 0.3 is 0 Å². The van der Waals surface area contributed by atoms with E-state index in [9.17, 15) is 4.79 Å². The lowest BCUT2D eigenvalue weighted by atomic mass is 10.1. The maximum atomic E-state index is 12.6. The topological polar surface area (TPSA) is 59.8 Å². The van der Waals surface area contributed by atoms with Crippen molar-refractivity contribution in [3.8, 4) is 0 Å². The Morgan fingerprint density at radius 2 is 2.00 bits per heavy atom. The maximum Gasteiger partial charge on any atom is 0.257 e. The number of aryl methyl sites for hydroxylation is 2. The summed E-state index contributed by atoms with van der Waals surface area (Å²) < 4.78 is 2.82. The van der Waals surface area contributed by atoms with Crippen molar-refractivity contribution in [2.24, 2.45) is 0 Å². The van der Waals surface area contributed by atoms with Gasteiger partial charge in [-0.1, -0.05) is 22.0 Å². The third-order valence-electron chi connectivity index (χ3n) is 3.92. The second-order valence-electron chi connectivity index (χ2n) is 6.14. The molecule has 3 aromatic rings. The molecule has 0 saturated carbocycles. The van der Waals surface area contributed by atoms with E-state index in [0.717, 1.165) is 26.8 Å². The number of anilines is 1. The van der Waals surface area contributed by atoms with Gasteiger partial charge in [-0.3, -0.25) is 4.79 Å². The summed E-state index contributed by atoms with van der Waals surface area (Å²) in [6, 6.07) is 7.81. The average Bonchev–Trinajstić information content (AvgIpc) is 2.93. The third-order valence-corrected chi connectivity index (χ3v) is 4.78. The molecule has 5 nitrogen and oxygen atoms in total. The van der Waals surface area contributed by atoms with E-state index in [1.807, 2.05) is 42.8 Å². The number of rotatable bonds is 3. The fourth-order valence-electron chi connectivity index (χ4n) is 2.54. The van der Waals surface area contributed by atoms with Gasteiger partial charge in [0.25, 0.3) is 5.91 Å². The molecule has 3 rings (SSSR count). The minimum Gasteiger partial charge on any atom is -0.322 e. The number of pyridine rings is 1. The lowest BCUT2D eigenvalue weighted by molar-refractivity contribution is 0.102. The summed E-state index contributed by atoms with van der Waals surface area (Å²) in [5.41, 5.74) is 3.91. The Kier molecular flexibility index (Phi) is 4.41. The van der Waals surface area contributed by atoms with Crippen LogP contribution in [0.5, 0.6) is 0 Å². The molecule has 1 aromatic carbocycles. The fraction of sp³-hybridized carbons (Fsp3) is 0.278. The summed E-state index contributed by atoms with van der Waals surface area (Å²) in [6.45, 7) is 7.96. The summed E-state index contributed by atoms with van der Waals surface area (Å²) in [5.74, 6) is -0.171. The zero-order valence-corrected chi connectivity index (χ0v) is 15.7. The second-order valence-corrected chi connectivity index (χ2v) is 6.99. The number of benzene rings is 1. The molecule has 0 aliphatic carbocycles. The van der Waals surface area contributed by atoms with E-state index in [1.165, 1.54) is 0 Å². The van der Waals surface area contributed by atoms with Crippen LogP contribution in [0, 0.1) is 13.8 Å². The number of carbonyl (C=O) groups excluding carboxylic acids is 1. The highest BCUT2D eigenvalue weighted by molar-refractivity contribution is 9.10. The summed E-state index contributed by atoms with van der Waals surface area (Å²) in [7, 11) is 0. The van der Waals surface area contributed by atoms with Gasteiger partial charge in [-0.25, -0.2) is 9.67 Å². The largest absolute Gasteiger partial charge is 0.322 e. The molecule has 1 amide bonds. The molecule has 124 valence electrons. The van der Waals surface area contributed by atoms with Gasteiger partial charge in [0.1, 0.15) is 0 Å². The molecule has 0 saturated heterocycles. The van der Waals surface area contributed by atoms with Crippen molar-refractivity contribution < 1.29 is 4.79 Å². The molecule has 2 heterocycles. The van der Waals surface area contributed by atoms with Crippen LogP contribution in [0.1, 0.15) is 41.5 Å². The van der Waals surface area contributed by atoms with Gasteiger partial charge in [0.15, 0.2) is 5.65 Å². The van der Waals surface area contributed by atoms with Gasteiger partial charge in [-0.05, 0) is 51.5 Å². The van der Waals surface area contributed by atoms with Crippen LogP contribution in [-0.2, 0) is 0 Å².